The third-order valence-electron chi connectivity index (χ3n) is 3.97. The van der Waals surface area contributed by atoms with Crippen LogP contribution < -0.4 is 19.5 Å². The molecule has 2 N–H and O–H groups in total. The van der Waals surface area contributed by atoms with Crippen molar-refractivity contribution in [1.82, 2.24) is 0 Å². The molecule has 7 heteroatoms. The number of fused-ring (bicyclic) bond motifs is 1. The molecule has 6 nitrogen and oxygen atoms in total. The molecule has 1 aliphatic rings. The monoisotopic (exact) mass is 348 g/mol. The quantitative estimate of drug-likeness (QED) is 0.869. The van der Waals surface area contributed by atoms with E-state index in [4.69, 9.17) is 9.47 Å². The van der Waals surface area contributed by atoms with Crippen molar-refractivity contribution in [3.8, 4) is 11.5 Å². The fourth-order valence-corrected chi connectivity index (χ4v) is 3.90. The van der Waals surface area contributed by atoms with Crippen molar-refractivity contribution < 1.29 is 17.9 Å². The summed E-state index contributed by atoms with van der Waals surface area (Å²) in [5, 5.41) is 3.31. The summed E-state index contributed by atoms with van der Waals surface area (Å²) in [5.74, 6) is 0.988. The lowest BCUT2D eigenvalue weighted by Gasteiger charge is -2.13. The van der Waals surface area contributed by atoms with Crippen LogP contribution in [0.3, 0.4) is 0 Å². The van der Waals surface area contributed by atoms with Crippen LogP contribution in [0.2, 0.25) is 0 Å². The minimum atomic E-state index is -3.70. The van der Waals surface area contributed by atoms with Gasteiger partial charge in [-0.25, -0.2) is 8.42 Å². The number of ether oxygens (including phenoxy) is 2. The largest absolute Gasteiger partial charge is 0.497 e. The predicted molar refractivity (Wildman–Crippen MR) is 93.6 cm³/mol. The van der Waals surface area contributed by atoms with Gasteiger partial charge >= 0.3 is 0 Å². The third kappa shape index (κ3) is 3.12. The van der Waals surface area contributed by atoms with E-state index in [1.54, 1.807) is 36.4 Å². The highest BCUT2D eigenvalue weighted by atomic mass is 32.2. The minimum Gasteiger partial charge on any atom is -0.497 e. The number of nitrogens with one attached hydrogen (secondary N) is 2. The molecule has 0 saturated carbocycles. The Morgan fingerprint density at radius 1 is 1.12 bits per heavy atom. The molecule has 0 aromatic heterocycles. The van der Waals surface area contributed by atoms with E-state index in [-0.39, 0.29) is 4.90 Å². The molecule has 0 aliphatic carbocycles. The zero-order chi connectivity index (χ0) is 17.3. The number of sulfonamides is 1. The smallest absolute Gasteiger partial charge is 0.262 e. The van der Waals surface area contributed by atoms with Crippen LogP contribution in [0.15, 0.2) is 41.3 Å². The molecule has 0 saturated heterocycles. The van der Waals surface area contributed by atoms with Crippen LogP contribution in [0.1, 0.15) is 12.5 Å². The molecule has 0 spiro atoms. The molecule has 0 bridgehead atoms. The lowest BCUT2D eigenvalue weighted by atomic mass is 10.1. The average Bonchev–Trinajstić information content (AvgIpc) is 2.94. The first kappa shape index (κ1) is 16.4. The van der Waals surface area contributed by atoms with Crippen molar-refractivity contribution in [3.05, 3.63) is 42.0 Å². The van der Waals surface area contributed by atoms with Gasteiger partial charge in [0.2, 0.25) is 0 Å². The molecule has 0 amide bonds. The van der Waals surface area contributed by atoms with E-state index in [9.17, 15) is 8.42 Å². The van der Waals surface area contributed by atoms with E-state index in [2.05, 4.69) is 17.0 Å². The molecule has 24 heavy (non-hydrogen) atoms. The second kappa shape index (κ2) is 6.24. The van der Waals surface area contributed by atoms with Crippen LogP contribution in [0.25, 0.3) is 0 Å². The molecule has 2 aromatic carbocycles. The molecule has 0 radical (unpaired) electrons. The van der Waals surface area contributed by atoms with Gasteiger partial charge in [0, 0.05) is 17.8 Å². The molecular weight excluding hydrogens is 328 g/mol. The molecular formula is C17H20N2O4S. The van der Waals surface area contributed by atoms with Crippen molar-refractivity contribution in [1.29, 1.82) is 0 Å². The van der Waals surface area contributed by atoms with Crippen molar-refractivity contribution in [2.24, 2.45) is 0 Å². The number of hydrogen-bond donors (Lipinski definition) is 2. The van der Waals surface area contributed by atoms with Gasteiger partial charge in [0.1, 0.15) is 11.5 Å². The van der Waals surface area contributed by atoms with Crippen LogP contribution in [-0.2, 0) is 16.4 Å². The topological polar surface area (TPSA) is 76.7 Å². The molecule has 1 aliphatic heterocycles. The summed E-state index contributed by atoms with van der Waals surface area (Å²) >= 11 is 0. The first-order valence-corrected chi connectivity index (χ1v) is 9.05. The summed E-state index contributed by atoms with van der Waals surface area (Å²) in [7, 11) is -0.682. The second-order valence-corrected chi connectivity index (χ2v) is 7.42. The number of methoxy groups -OCH3 is 2. The molecule has 1 heterocycles. The summed E-state index contributed by atoms with van der Waals surface area (Å²) in [5.41, 5.74) is 2.36. The van der Waals surface area contributed by atoms with Crippen molar-refractivity contribution in [2.45, 2.75) is 24.3 Å². The lowest BCUT2D eigenvalue weighted by Crippen LogP contribution is -2.14. The first-order chi connectivity index (χ1) is 11.4. The van der Waals surface area contributed by atoms with Gasteiger partial charge in [-0.1, -0.05) is 0 Å². The van der Waals surface area contributed by atoms with Gasteiger partial charge in [0.15, 0.2) is 0 Å². The summed E-state index contributed by atoms with van der Waals surface area (Å²) in [6.07, 6.45) is 0.810. The van der Waals surface area contributed by atoms with E-state index in [0.717, 1.165) is 17.7 Å². The number of rotatable bonds is 5. The summed E-state index contributed by atoms with van der Waals surface area (Å²) in [4.78, 5) is 0.232. The maximum absolute atomic E-state index is 12.7. The zero-order valence-electron chi connectivity index (χ0n) is 13.8. The standard InChI is InChI=1S/C17H20N2O4S/c1-11-8-12-9-14(5-7-15(12)18-11)24(20,21)19-16-6-4-13(22-2)10-17(16)23-3/h4-7,9-11,18-19H,8H2,1-3H3/t11-/m1/s1. The molecule has 1 atom stereocenters. The molecule has 3 rings (SSSR count). The minimum absolute atomic E-state index is 0.232. The second-order valence-electron chi connectivity index (χ2n) is 5.74. The number of benzene rings is 2. The summed E-state index contributed by atoms with van der Waals surface area (Å²) in [6, 6.07) is 10.4. The van der Waals surface area contributed by atoms with Crippen molar-refractivity contribution in [3.63, 3.8) is 0 Å². The van der Waals surface area contributed by atoms with Crippen LogP contribution in [0, 0.1) is 0 Å². The maximum Gasteiger partial charge on any atom is 0.262 e. The Bertz CT molecular complexity index is 865. The van der Waals surface area contributed by atoms with E-state index >= 15 is 0 Å². The van der Waals surface area contributed by atoms with Crippen LogP contribution in [0.5, 0.6) is 11.5 Å². The Labute approximate surface area is 141 Å². The fourth-order valence-electron chi connectivity index (χ4n) is 2.78. The molecule has 0 fully saturated rings. The number of anilines is 2. The molecule has 0 unspecified atom stereocenters. The Morgan fingerprint density at radius 2 is 1.92 bits per heavy atom. The van der Waals surface area contributed by atoms with E-state index in [0.29, 0.717) is 23.2 Å². The van der Waals surface area contributed by atoms with Crippen molar-refractivity contribution in [2.75, 3.05) is 24.3 Å². The lowest BCUT2D eigenvalue weighted by molar-refractivity contribution is 0.395. The van der Waals surface area contributed by atoms with Crippen molar-refractivity contribution >= 4 is 21.4 Å². The zero-order valence-corrected chi connectivity index (χ0v) is 14.6. The Balaban J connectivity index is 1.91. The van der Waals surface area contributed by atoms with Gasteiger partial charge in [-0.05, 0) is 49.2 Å². The average molecular weight is 348 g/mol. The van der Waals surface area contributed by atoms with Crippen LogP contribution in [0.4, 0.5) is 11.4 Å². The van der Waals surface area contributed by atoms with E-state index in [1.807, 2.05) is 0 Å². The first-order valence-electron chi connectivity index (χ1n) is 7.57. The number of hydrogen-bond acceptors (Lipinski definition) is 5. The van der Waals surface area contributed by atoms with Gasteiger partial charge in [-0.2, -0.15) is 0 Å². The third-order valence-corrected chi connectivity index (χ3v) is 5.33. The Morgan fingerprint density at radius 3 is 2.62 bits per heavy atom. The van der Waals surface area contributed by atoms with Gasteiger partial charge in [-0.15, -0.1) is 0 Å². The highest BCUT2D eigenvalue weighted by Gasteiger charge is 2.22. The van der Waals surface area contributed by atoms with E-state index < -0.39 is 10.0 Å². The highest BCUT2D eigenvalue weighted by molar-refractivity contribution is 7.92. The van der Waals surface area contributed by atoms with Gasteiger partial charge < -0.3 is 14.8 Å². The normalized spacial score (nSPS) is 16.2. The maximum atomic E-state index is 12.7. The van der Waals surface area contributed by atoms with Gasteiger partial charge in [0.05, 0.1) is 24.8 Å². The summed E-state index contributed by atoms with van der Waals surface area (Å²) < 4.78 is 38.3. The molecule has 128 valence electrons. The highest BCUT2D eigenvalue weighted by Crippen LogP contribution is 2.32. The molecule has 2 aromatic rings. The summed E-state index contributed by atoms with van der Waals surface area (Å²) in [6.45, 7) is 2.06. The van der Waals surface area contributed by atoms with Gasteiger partial charge in [0.25, 0.3) is 10.0 Å². The Kier molecular flexibility index (Phi) is 4.28. The van der Waals surface area contributed by atoms with Crippen LogP contribution in [-0.4, -0.2) is 28.7 Å². The van der Waals surface area contributed by atoms with Crippen LogP contribution >= 0.6 is 0 Å². The fraction of sp³-hybridized carbons (Fsp3) is 0.294. The Hall–Kier alpha value is -2.41. The SMILES string of the molecule is COc1ccc(NS(=O)(=O)c2ccc3c(c2)C[C@@H](C)N3)c(OC)c1. The van der Waals surface area contributed by atoms with Gasteiger partial charge in [-0.3, -0.25) is 4.72 Å². The van der Waals surface area contributed by atoms with E-state index in [1.165, 1.54) is 14.2 Å². The predicted octanol–water partition coefficient (Wildman–Crippen LogP) is 2.86.